The second-order valence-corrected chi connectivity index (χ2v) is 8.74. The molecule has 10 nitrogen and oxygen atoms in total. The fourth-order valence-electron chi connectivity index (χ4n) is 2.46. The number of carboxylic acids is 1. The summed E-state index contributed by atoms with van der Waals surface area (Å²) < 4.78 is 0. The van der Waals surface area contributed by atoms with Crippen LogP contribution in [0.15, 0.2) is 0 Å². The van der Waals surface area contributed by atoms with E-state index in [0.29, 0.717) is 12.2 Å². The van der Waals surface area contributed by atoms with Crippen molar-refractivity contribution in [2.45, 2.75) is 63.9 Å². The molecule has 0 aromatic rings. The zero-order chi connectivity index (χ0) is 23.4. The molecule has 7 N–H and O–H groups in total. The van der Waals surface area contributed by atoms with Gasteiger partial charge in [-0.1, -0.05) is 13.8 Å². The number of thioether (sulfide) groups is 1. The van der Waals surface area contributed by atoms with Crippen LogP contribution in [0, 0.1) is 5.92 Å². The van der Waals surface area contributed by atoms with E-state index in [1.807, 2.05) is 20.1 Å². The number of carbonyl (C=O) groups is 4. The van der Waals surface area contributed by atoms with Crippen LogP contribution in [0.1, 0.15) is 33.6 Å². The second kappa shape index (κ2) is 14.5. The second-order valence-electron chi connectivity index (χ2n) is 7.39. The van der Waals surface area contributed by atoms with Crippen LogP contribution in [-0.4, -0.2) is 81.9 Å². The van der Waals surface area contributed by atoms with Gasteiger partial charge in [0.2, 0.25) is 17.7 Å². The first-order chi connectivity index (χ1) is 13.9. The number of rotatable bonds is 14. The van der Waals surface area contributed by atoms with E-state index in [1.165, 1.54) is 6.92 Å². The Bertz CT molecular complexity index is 591. The summed E-state index contributed by atoms with van der Waals surface area (Å²) in [4.78, 5) is 48.6. The molecule has 0 aliphatic carbocycles. The van der Waals surface area contributed by atoms with E-state index in [4.69, 9.17) is 10.8 Å². The van der Waals surface area contributed by atoms with Gasteiger partial charge in [-0.25, -0.2) is 4.79 Å². The third kappa shape index (κ3) is 10.5. The minimum absolute atomic E-state index is 0.0443. The summed E-state index contributed by atoms with van der Waals surface area (Å²) in [5, 5.41) is 26.2. The molecule has 0 saturated carbocycles. The fraction of sp³-hybridized carbons (Fsp3) is 0.778. The topological polar surface area (TPSA) is 171 Å². The summed E-state index contributed by atoms with van der Waals surface area (Å²) in [7, 11) is 0. The van der Waals surface area contributed by atoms with Crippen molar-refractivity contribution in [2.75, 3.05) is 17.8 Å². The van der Waals surface area contributed by atoms with Crippen LogP contribution in [0.2, 0.25) is 0 Å². The number of carbonyl (C=O) groups excluding carboxylic acids is 3. The Morgan fingerprint density at radius 2 is 1.57 bits per heavy atom. The predicted octanol–water partition coefficient (Wildman–Crippen LogP) is -1.04. The number of aliphatic hydroxyl groups is 1. The number of nitrogens with one attached hydrogen (secondary N) is 3. The lowest BCUT2D eigenvalue weighted by molar-refractivity contribution is -0.142. The minimum Gasteiger partial charge on any atom is -0.480 e. The summed E-state index contributed by atoms with van der Waals surface area (Å²) >= 11 is 5.41. The summed E-state index contributed by atoms with van der Waals surface area (Å²) in [6.45, 7) is 5.02. The van der Waals surface area contributed by atoms with Crippen LogP contribution < -0.4 is 21.7 Å². The molecule has 174 valence electrons. The van der Waals surface area contributed by atoms with Crippen molar-refractivity contribution >= 4 is 48.1 Å². The summed E-state index contributed by atoms with van der Waals surface area (Å²) in [6, 6.07) is -4.43. The number of carboxylic acid groups (broad SMARTS) is 1. The highest BCUT2D eigenvalue weighted by atomic mass is 32.2. The molecule has 0 aromatic heterocycles. The van der Waals surface area contributed by atoms with Gasteiger partial charge in [0.15, 0.2) is 0 Å². The molecule has 0 spiro atoms. The van der Waals surface area contributed by atoms with Crippen LogP contribution in [0.5, 0.6) is 0 Å². The van der Waals surface area contributed by atoms with Crippen LogP contribution in [0.4, 0.5) is 0 Å². The maximum Gasteiger partial charge on any atom is 0.327 e. The van der Waals surface area contributed by atoms with Crippen molar-refractivity contribution in [2.24, 2.45) is 11.7 Å². The zero-order valence-corrected chi connectivity index (χ0v) is 19.5. The van der Waals surface area contributed by atoms with Gasteiger partial charge in [0, 0.05) is 5.75 Å². The number of nitrogens with two attached hydrogens (primary N) is 1. The Kier molecular flexibility index (Phi) is 13.8. The summed E-state index contributed by atoms with van der Waals surface area (Å²) in [5.41, 5.74) is 5.85. The Balaban J connectivity index is 5.28. The normalized spacial score (nSPS) is 16.1. The molecule has 0 rings (SSSR count). The van der Waals surface area contributed by atoms with Crippen molar-refractivity contribution < 1.29 is 29.4 Å². The van der Waals surface area contributed by atoms with Crippen molar-refractivity contribution in [3.05, 3.63) is 0 Å². The number of hydrogen-bond acceptors (Lipinski definition) is 8. The molecule has 0 aliphatic rings. The van der Waals surface area contributed by atoms with E-state index in [1.54, 1.807) is 11.8 Å². The Morgan fingerprint density at radius 3 is 2.00 bits per heavy atom. The molecule has 30 heavy (non-hydrogen) atoms. The van der Waals surface area contributed by atoms with Gasteiger partial charge in [-0.15, -0.1) is 0 Å². The first-order valence-corrected chi connectivity index (χ1v) is 11.6. The maximum atomic E-state index is 12.8. The third-order valence-corrected chi connectivity index (χ3v) is 5.18. The molecule has 5 atom stereocenters. The molecule has 0 aliphatic heterocycles. The Morgan fingerprint density at radius 1 is 1.00 bits per heavy atom. The van der Waals surface area contributed by atoms with Crippen LogP contribution >= 0.6 is 24.4 Å². The van der Waals surface area contributed by atoms with Gasteiger partial charge in [0.05, 0.1) is 12.1 Å². The van der Waals surface area contributed by atoms with E-state index in [-0.39, 0.29) is 18.1 Å². The van der Waals surface area contributed by atoms with Gasteiger partial charge in [-0.05, 0) is 37.7 Å². The highest BCUT2D eigenvalue weighted by molar-refractivity contribution is 7.98. The highest BCUT2D eigenvalue weighted by Gasteiger charge is 2.32. The first-order valence-electron chi connectivity index (χ1n) is 9.61. The van der Waals surface area contributed by atoms with E-state index in [0.717, 1.165) is 0 Å². The molecule has 0 fully saturated rings. The molecular weight excluding hydrogens is 432 g/mol. The van der Waals surface area contributed by atoms with Gasteiger partial charge in [0.25, 0.3) is 0 Å². The van der Waals surface area contributed by atoms with E-state index in [2.05, 4.69) is 28.6 Å². The number of aliphatic hydroxyl groups excluding tert-OH is 1. The van der Waals surface area contributed by atoms with Crippen molar-refractivity contribution in [1.82, 2.24) is 16.0 Å². The third-order valence-electron chi connectivity index (χ3n) is 4.17. The molecule has 0 heterocycles. The highest BCUT2D eigenvalue weighted by Crippen LogP contribution is 2.08. The summed E-state index contributed by atoms with van der Waals surface area (Å²) in [6.07, 6.45) is 1.32. The SMILES string of the molecule is CSCCC(N)C(=O)NC(CC(C)C)C(=O)NC(C(=O)NC(CS)C(=O)O)C(C)O. The Hall–Kier alpha value is -1.50. The van der Waals surface area contributed by atoms with Crippen LogP contribution in [0.25, 0.3) is 0 Å². The quantitative estimate of drug-likeness (QED) is 0.159. The maximum absolute atomic E-state index is 12.8. The van der Waals surface area contributed by atoms with Gasteiger partial charge in [-0.3, -0.25) is 14.4 Å². The molecule has 0 bridgehead atoms. The molecule has 3 amide bonds. The molecule has 5 unspecified atom stereocenters. The number of aliphatic carboxylic acids is 1. The molecule has 0 radical (unpaired) electrons. The van der Waals surface area contributed by atoms with Gasteiger partial charge < -0.3 is 31.9 Å². The number of thiol groups is 1. The van der Waals surface area contributed by atoms with Crippen molar-refractivity contribution in [3.8, 4) is 0 Å². The van der Waals surface area contributed by atoms with Gasteiger partial charge in [0.1, 0.15) is 18.1 Å². The smallest absolute Gasteiger partial charge is 0.327 e. The fourth-order valence-corrected chi connectivity index (χ4v) is 3.20. The molecule has 0 aromatic carbocycles. The predicted molar refractivity (Wildman–Crippen MR) is 119 cm³/mol. The Labute approximate surface area is 186 Å². The molecular formula is C18H34N4O6S2. The van der Waals surface area contributed by atoms with E-state index in [9.17, 15) is 24.3 Å². The lowest BCUT2D eigenvalue weighted by atomic mass is 10.0. The van der Waals surface area contributed by atoms with Crippen molar-refractivity contribution in [3.63, 3.8) is 0 Å². The average Bonchev–Trinajstić information content (AvgIpc) is 2.66. The lowest BCUT2D eigenvalue weighted by Crippen LogP contribution is -2.60. The summed E-state index contributed by atoms with van der Waals surface area (Å²) in [5.74, 6) is -2.75. The monoisotopic (exact) mass is 466 g/mol. The van der Waals surface area contributed by atoms with Gasteiger partial charge >= 0.3 is 5.97 Å². The minimum atomic E-state index is -1.41. The zero-order valence-electron chi connectivity index (χ0n) is 17.8. The largest absolute Gasteiger partial charge is 0.480 e. The number of hydrogen-bond donors (Lipinski definition) is 7. The standard InChI is InChI=1S/C18H34N4O6S2/c1-9(2)7-12(20-15(24)11(19)5-6-30-4)16(25)22-14(10(3)23)17(26)21-13(8-29)18(27)28/h9-14,23,29H,5-8,19H2,1-4H3,(H,20,24)(H,21,26)(H,22,25)(H,27,28). The average molecular weight is 467 g/mol. The number of amides is 3. The van der Waals surface area contributed by atoms with Gasteiger partial charge in [-0.2, -0.15) is 24.4 Å². The lowest BCUT2D eigenvalue weighted by Gasteiger charge is -2.27. The van der Waals surface area contributed by atoms with Crippen LogP contribution in [-0.2, 0) is 19.2 Å². The van der Waals surface area contributed by atoms with Crippen LogP contribution in [0.3, 0.4) is 0 Å². The van der Waals surface area contributed by atoms with Crippen molar-refractivity contribution in [1.29, 1.82) is 0 Å². The first kappa shape index (κ1) is 28.5. The van der Waals surface area contributed by atoms with E-state index >= 15 is 0 Å². The van der Waals surface area contributed by atoms with E-state index < -0.39 is 54.0 Å². The molecule has 12 heteroatoms. The molecule has 0 saturated heterocycles.